The smallest absolute Gasteiger partial charge is 0.253 e. The lowest BCUT2D eigenvalue weighted by Crippen LogP contribution is -2.26. The molecule has 2 aromatic rings. The van der Waals surface area contributed by atoms with E-state index in [4.69, 9.17) is 17.3 Å². The molecule has 0 atom stereocenters. The summed E-state index contributed by atoms with van der Waals surface area (Å²) in [4.78, 5) is 13.6. The maximum atomic E-state index is 13.7. The van der Waals surface area contributed by atoms with Gasteiger partial charge in [-0.2, -0.15) is 0 Å². The number of benzene rings is 2. The zero-order chi connectivity index (χ0) is 14.7. The predicted molar refractivity (Wildman–Crippen MR) is 78.1 cm³/mol. The summed E-state index contributed by atoms with van der Waals surface area (Å²) in [6.07, 6.45) is 0. The number of nitrogens with two attached hydrogens (primary N) is 1. The minimum absolute atomic E-state index is 0.0964. The molecule has 3 nitrogen and oxygen atoms in total. The van der Waals surface area contributed by atoms with E-state index >= 15 is 0 Å². The number of carbonyl (C=O) groups excluding carboxylic acids is 1. The second kappa shape index (κ2) is 5.92. The molecule has 104 valence electrons. The molecule has 2 rings (SSSR count). The zero-order valence-corrected chi connectivity index (χ0v) is 11.7. The lowest BCUT2D eigenvalue weighted by Gasteiger charge is -2.18. The number of halogens is 2. The van der Waals surface area contributed by atoms with Crippen molar-refractivity contribution in [2.75, 3.05) is 12.8 Å². The lowest BCUT2D eigenvalue weighted by molar-refractivity contribution is 0.0784. The highest BCUT2D eigenvalue weighted by atomic mass is 35.5. The minimum atomic E-state index is -0.426. The van der Waals surface area contributed by atoms with Crippen molar-refractivity contribution in [3.63, 3.8) is 0 Å². The van der Waals surface area contributed by atoms with E-state index in [-0.39, 0.29) is 12.5 Å². The van der Waals surface area contributed by atoms with Crippen LogP contribution in [0.15, 0.2) is 42.5 Å². The third-order valence-corrected chi connectivity index (χ3v) is 3.29. The maximum Gasteiger partial charge on any atom is 0.253 e. The fraction of sp³-hybridized carbons (Fsp3) is 0.133. The van der Waals surface area contributed by atoms with Crippen LogP contribution >= 0.6 is 11.6 Å². The van der Waals surface area contributed by atoms with Crippen molar-refractivity contribution in [3.05, 3.63) is 64.4 Å². The van der Waals surface area contributed by atoms with Gasteiger partial charge in [0.1, 0.15) is 5.82 Å². The molecule has 0 aliphatic rings. The number of hydrogen-bond donors (Lipinski definition) is 1. The fourth-order valence-electron chi connectivity index (χ4n) is 1.88. The Kier molecular flexibility index (Phi) is 4.25. The van der Waals surface area contributed by atoms with E-state index in [0.717, 1.165) is 0 Å². The molecule has 0 unspecified atom stereocenters. The van der Waals surface area contributed by atoms with Crippen LogP contribution in [0, 0.1) is 5.82 Å². The Morgan fingerprint density at radius 2 is 2.00 bits per heavy atom. The van der Waals surface area contributed by atoms with Crippen molar-refractivity contribution in [2.45, 2.75) is 6.54 Å². The van der Waals surface area contributed by atoms with Crippen LogP contribution in [0.5, 0.6) is 0 Å². The Morgan fingerprint density at radius 1 is 1.30 bits per heavy atom. The van der Waals surface area contributed by atoms with Crippen LogP contribution in [0.25, 0.3) is 0 Å². The highest BCUT2D eigenvalue weighted by Crippen LogP contribution is 2.21. The second-order valence-corrected chi connectivity index (χ2v) is 4.89. The summed E-state index contributed by atoms with van der Waals surface area (Å²) in [6, 6.07) is 11.1. The quantitative estimate of drug-likeness (QED) is 0.882. The molecule has 0 aliphatic carbocycles. The van der Waals surface area contributed by atoms with E-state index in [9.17, 15) is 9.18 Å². The average molecular weight is 293 g/mol. The van der Waals surface area contributed by atoms with Crippen LogP contribution in [-0.4, -0.2) is 17.9 Å². The Bertz CT molecular complexity index is 625. The van der Waals surface area contributed by atoms with Crippen molar-refractivity contribution >= 4 is 23.2 Å². The van der Waals surface area contributed by atoms with E-state index < -0.39 is 5.82 Å². The molecule has 1 amide bonds. The normalized spacial score (nSPS) is 10.3. The van der Waals surface area contributed by atoms with Gasteiger partial charge in [-0.05, 0) is 30.3 Å². The first-order valence-corrected chi connectivity index (χ1v) is 6.40. The van der Waals surface area contributed by atoms with E-state index in [2.05, 4.69) is 0 Å². The van der Waals surface area contributed by atoms with Crippen LogP contribution in [0.4, 0.5) is 10.1 Å². The third kappa shape index (κ3) is 3.08. The van der Waals surface area contributed by atoms with Gasteiger partial charge in [0.05, 0.1) is 0 Å². The van der Waals surface area contributed by atoms with Crippen LogP contribution < -0.4 is 5.73 Å². The lowest BCUT2D eigenvalue weighted by atomic mass is 10.1. The highest BCUT2D eigenvalue weighted by molar-refractivity contribution is 6.31. The zero-order valence-electron chi connectivity index (χ0n) is 10.9. The summed E-state index contributed by atoms with van der Waals surface area (Å²) in [5.41, 5.74) is 6.91. The van der Waals surface area contributed by atoms with Gasteiger partial charge in [0.15, 0.2) is 0 Å². The molecule has 0 aromatic heterocycles. The molecule has 0 saturated heterocycles. The van der Waals surface area contributed by atoms with E-state index in [1.165, 1.54) is 17.0 Å². The first-order chi connectivity index (χ1) is 9.49. The average Bonchev–Trinajstić information content (AvgIpc) is 2.42. The minimum Gasteiger partial charge on any atom is -0.399 e. The summed E-state index contributed by atoms with van der Waals surface area (Å²) in [7, 11) is 1.59. The van der Waals surface area contributed by atoms with Gasteiger partial charge < -0.3 is 10.6 Å². The molecule has 0 saturated carbocycles. The molecular formula is C15H14ClFN2O. The monoisotopic (exact) mass is 292 g/mol. The van der Waals surface area contributed by atoms with Crippen LogP contribution in [0.1, 0.15) is 15.9 Å². The molecule has 0 fully saturated rings. The highest BCUT2D eigenvalue weighted by Gasteiger charge is 2.15. The van der Waals surface area contributed by atoms with Crippen molar-refractivity contribution in [1.82, 2.24) is 4.90 Å². The van der Waals surface area contributed by atoms with Gasteiger partial charge in [0.2, 0.25) is 0 Å². The molecule has 0 bridgehead atoms. The summed E-state index contributed by atoms with van der Waals surface area (Å²) in [5, 5.41) is 0.303. The topological polar surface area (TPSA) is 46.3 Å². The first-order valence-electron chi connectivity index (χ1n) is 6.03. The molecular weight excluding hydrogens is 279 g/mol. The largest absolute Gasteiger partial charge is 0.399 e. The Morgan fingerprint density at radius 3 is 2.65 bits per heavy atom. The standard InChI is InChI=1S/C15H14ClFN2O/c1-19(9-12-13(16)6-3-7-14(12)17)15(20)10-4-2-5-11(18)8-10/h2-8H,9,18H2,1H3. The Balaban J connectivity index is 2.20. The van der Waals surface area contributed by atoms with Crippen molar-refractivity contribution < 1.29 is 9.18 Å². The molecule has 0 heterocycles. The predicted octanol–water partition coefficient (Wildman–Crippen LogP) is 3.33. The van der Waals surface area contributed by atoms with Crippen molar-refractivity contribution in [1.29, 1.82) is 0 Å². The van der Waals surface area contributed by atoms with E-state index in [1.807, 2.05) is 0 Å². The number of hydrogen-bond acceptors (Lipinski definition) is 2. The SMILES string of the molecule is CN(Cc1c(F)cccc1Cl)C(=O)c1cccc(N)c1. The van der Waals surface area contributed by atoms with Crippen molar-refractivity contribution in [3.8, 4) is 0 Å². The van der Waals surface area contributed by atoms with Gasteiger partial charge in [-0.25, -0.2) is 4.39 Å². The maximum absolute atomic E-state index is 13.7. The third-order valence-electron chi connectivity index (χ3n) is 2.94. The Labute approximate surface area is 121 Å². The number of carbonyl (C=O) groups is 1. The van der Waals surface area contributed by atoms with Gasteiger partial charge in [-0.3, -0.25) is 4.79 Å². The summed E-state index contributed by atoms with van der Waals surface area (Å²) in [6.45, 7) is 0.0964. The fourth-order valence-corrected chi connectivity index (χ4v) is 2.11. The van der Waals surface area contributed by atoms with Gasteiger partial charge >= 0.3 is 0 Å². The molecule has 2 aromatic carbocycles. The summed E-state index contributed by atoms with van der Waals surface area (Å²) >= 11 is 5.95. The summed E-state index contributed by atoms with van der Waals surface area (Å²) in [5.74, 6) is -0.665. The van der Waals surface area contributed by atoms with Crippen molar-refractivity contribution in [2.24, 2.45) is 0 Å². The van der Waals surface area contributed by atoms with Gasteiger partial charge in [0.25, 0.3) is 5.91 Å². The first kappa shape index (κ1) is 14.3. The second-order valence-electron chi connectivity index (χ2n) is 4.49. The molecule has 0 aliphatic heterocycles. The molecule has 0 spiro atoms. The molecule has 0 radical (unpaired) electrons. The molecule has 20 heavy (non-hydrogen) atoms. The van der Waals surface area contributed by atoms with Gasteiger partial charge in [-0.1, -0.05) is 23.7 Å². The number of nitrogen functional groups attached to an aromatic ring is 1. The summed E-state index contributed by atoms with van der Waals surface area (Å²) < 4.78 is 13.7. The van der Waals surface area contributed by atoms with Crippen LogP contribution in [0.2, 0.25) is 5.02 Å². The molecule has 5 heteroatoms. The number of anilines is 1. The number of rotatable bonds is 3. The molecule has 2 N–H and O–H groups in total. The van der Waals surface area contributed by atoms with E-state index in [0.29, 0.717) is 21.8 Å². The van der Waals surface area contributed by atoms with Gasteiger partial charge in [0, 0.05) is 35.4 Å². The van der Waals surface area contributed by atoms with Crippen LogP contribution in [-0.2, 0) is 6.54 Å². The van der Waals surface area contributed by atoms with Gasteiger partial charge in [-0.15, -0.1) is 0 Å². The number of nitrogens with zero attached hydrogens (tertiary/aromatic N) is 1. The Hall–Kier alpha value is -2.07. The number of amides is 1. The van der Waals surface area contributed by atoms with E-state index in [1.54, 1.807) is 37.4 Å². The van der Waals surface area contributed by atoms with Crippen LogP contribution in [0.3, 0.4) is 0 Å².